The highest BCUT2D eigenvalue weighted by atomic mass is 16.5. The van der Waals surface area contributed by atoms with Gasteiger partial charge in [-0.2, -0.15) is 0 Å². The number of carbonyl (C=O) groups is 1. The molecular formula is C25H36O2. The molecule has 2 heteroatoms. The van der Waals surface area contributed by atoms with E-state index in [9.17, 15) is 4.79 Å². The third-order valence-corrected chi connectivity index (χ3v) is 5.23. The largest absolute Gasteiger partial charge is 0.465 e. The lowest BCUT2D eigenvalue weighted by atomic mass is 10.0. The Morgan fingerprint density at radius 3 is 2.04 bits per heavy atom. The number of esters is 1. The average Bonchev–Trinajstić information content (AvgIpc) is 2.69. The predicted octanol–water partition coefficient (Wildman–Crippen LogP) is 7.24. The Kier molecular flexibility index (Phi) is 10.6. The zero-order valence-corrected chi connectivity index (χ0v) is 17.1. The van der Waals surface area contributed by atoms with Gasteiger partial charge in [-0.25, -0.2) is 0 Å². The van der Waals surface area contributed by atoms with Crippen LogP contribution in [-0.2, 0) is 16.0 Å². The molecule has 0 unspecified atom stereocenters. The average molecular weight is 369 g/mol. The highest BCUT2D eigenvalue weighted by Crippen LogP contribution is 2.19. The smallest absolute Gasteiger partial charge is 0.310 e. The molecule has 0 saturated carbocycles. The van der Waals surface area contributed by atoms with E-state index in [-0.39, 0.29) is 5.97 Å². The molecule has 0 bridgehead atoms. The minimum atomic E-state index is -0.113. The number of ether oxygens (including phenoxy) is 1. The molecule has 148 valence electrons. The van der Waals surface area contributed by atoms with Crippen LogP contribution in [0.4, 0.5) is 0 Å². The van der Waals surface area contributed by atoms with E-state index in [4.69, 9.17) is 4.74 Å². The molecule has 27 heavy (non-hydrogen) atoms. The Labute approximate surface area is 165 Å². The molecule has 2 aromatic rings. The first kappa shape index (κ1) is 21.5. The quantitative estimate of drug-likeness (QED) is 0.259. The fourth-order valence-corrected chi connectivity index (χ4v) is 3.61. The van der Waals surface area contributed by atoms with Gasteiger partial charge < -0.3 is 4.74 Å². The molecule has 2 aromatic carbocycles. The van der Waals surface area contributed by atoms with Gasteiger partial charge in [-0.1, -0.05) is 114 Å². The summed E-state index contributed by atoms with van der Waals surface area (Å²) >= 11 is 0. The second-order valence-corrected chi connectivity index (χ2v) is 7.57. The first-order chi connectivity index (χ1) is 13.3. The van der Waals surface area contributed by atoms with Crippen LogP contribution in [0.3, 0.4) is 0 Å². The van der Waals surface area contributed by atoms with E-state index in [2.05, 4.69) is 25.1 Å². The van der Waals surface area contributed by atoms with Gasteiger partial charge in [0.15, 0.2) is 0 Å². The summed E-state index contributed by atoms with van der Waals surface area (Å²) < 4.78 is 5.44. The van der Waals surface area contributed by atoms with Gasteiger partial charge in [-0.15, -0.1) is 0 Å². The van der Waals surface area contributed by atoms with Gasteiger partial charge in [-0.05, 0) is 22.8 Å². The van der Waals surface area contributed by atoms with Gasteiger partial charge in [0.05, 0.1) is 13.0 Å². The molecule has 2 nitrogen and oxygen atoms in total. The summed E-state index contributed by atoms with van der Waals surface area (Å²) in [4.78, 5) is 12.1. The van der Waals surface area contributed by atoms with Crippen LogP contribution in [0.2, 0.25) is 0 Å². The maximum atomic E-state index is 12.1. The number of benzene rings is 2. The van der Waals surface area contributed by atoms with E-state index < -0.39 is 0 Å². The van der Waals surface area contributed by atoms with Gasteiger partial charge in [0.2, 0.25) is 0 Å². The lowest BCUT2D eigenvalue weighted by molar-refractivity contribution is -0.142. The number of unbranched alkanes of at least 4 members (excludes halogenated alkanes) is 10. The first-order valence-corrected chi connectivity index (χ1v) is 10.9. The molecule has 0 amide bonds. The zero-order valence-electron chi connectivity index (χ0n) is 17.1. The van der Waals surface area contributed by atoms with Crippen molar-refractivity contribution in [2.24, 2.45) is 0 Å². The maximum Gasteiger partial charge on any atom is 0.310 e. The van der Waals surface area contributed by atoms with Crippen LogP contribution in [-0.4, -0.2) is 12.6 Å². The van der Waals surface area contributed by atoms with Crippen LogP contribution in [0.25, 0.3) is 10.8 Å². The Hall–Kier alpha value is -1.83. The van der Waals surface area contributed by atoms with Crippen molar-refractivity contribution in [1.29, 1.82) is 0 Å². The monoisotopic (exact) mass is 368 g/mol. The van der Waals surface area contributed by atoms with Crippen molar-refractivity contribution in [3.05, 3.63) is 48.0 Å². The first-order valence-electron chi connectivity index (χ1n) is 10.9. The molecule has 0 N–H and O–H groups in total. The zero-order chi connectivity index (χ0) is 19.2. The molecule has 2 rings (SSSR count). The summed E-state index contributed by atoms with van der Waals surface area (Å²) in [6.45, 7) is 2.82. The van der Waals surface area contributed by atoms with Crippen molar-refractivity contribution in [2.75, 3.05) is 6.61 Å². The molecule has 0 radical (unpaired) electrons. The van der Waals surface area contributed by atoms with Gasteiger partial charge >= 0.3 is 5.97 Å². The van der Waals surface area contributed by atoms with Crippen LogP contribution >= 0.6 is 0 Å². The minimum Gasteiger partial charge on any atom is -0.465 e. The Morgan fingerprint density at radius 1 is 0.741 bits per heavy atom. The van der Waals surface area contributed by atoms with Gasteiger partial charge in [0.25, 0.3) is 0 Å². The number of hydrogen-bond acceptors (Lipinski definition) is 2. The molecule has 0 atom stereocenters. The van der Waals surface area contributed by atoms with Crippen molar-refractivity contribution < 1.29 is 9.53 Å². The number of fused-ring (bicyclic) bond motifs is 1. The van der Waals surface area contributed by atoms with Crippen LogP contribution < -0.4 is 0 Å². The molecular weight excluding hydrogens is 332 g/mol. The topological polar surface area (TPSA) is 26.3 Å². The van der Waals surface area contributed by atoms with Crippen molar-refractivity contribution in [1.82, 2.24) is 0 Å². The number of rotatable bonds is 14. The normalized spacial score (nSPS) is 11.0. The van der Waals surface area contributed by atoms with Crippen LogP contribution in [0, 0.1) is 0 Å². The Balaban J connectivity index is 1.50. The lowest BCUT2D eigenvalue weighted by Gasteiger charge is -2.08. The Morgan fingerprint density at radius 2 is 1.33 bits per heavy atom. The van der Waals surface area contributed by atoms with Crippen LogP contribution in [0.5, 0.6) is 0 Å². The van der Waals surface area contributed by atoms with E-state index in [1.807, 2.05) is 24.3 Å². The summed E-state index contributed by atoms with van der Waals surface area (Å²) in [5, 5.41) is 2.32. The Bertz CT molecular complexity index is 657. The van der Waals surface area contributed by atoms with E-state index in [1.54, 1.807) is 0 Å². The fraction of sp³-hybridized carbons (Fsp3) is 0.560. The van der Waals surface area contributed by atoms with Crippen LogP contribution in [0.15, 0.2) is 42.5 Å². The molecule has 0 aliphatic rings. The lowest BCUT2D eigenvalue weighted by Crippen LogP contribution is -2.09. The number of hydrogen-bond donors (Lipinski definition) is 0. The summed E-state index contributed by atoms with van der Waals surface area (Å²) in [5.74, 6) is -0.113. The molecule has 0 aliphatic heterocycles. The third kappa shape index (κ3) is 8.60. The molecule has 0 heterocycles. The summed E-state index contributed by atoms with van der Waals surface area (Å²) in [5.41, 5.74) is 1.05. The minimum absolute atomic E-state index is 0.113. The second-order valence-electron chi connectivity index (χ2n) is 7.57. The van der Waals surface area contributed by atoms with E-state index in [0.717, 1.165) is 23.8 Å². The molecule has 0 saturated heterocycles. The second kappa shape index (κ2) is 13.4. The number of carbonyl (C=O) groups excluding carboxylic acids is 1. The van der Waals surface area contributed by atoms with Gasteiger partial charge in [0.1, 0.15) is 0 Å². The molecule has 0 fully saturated rings. The highest BCUT2D eigenvalue weighted by Gasteiger charge is 2.07. The summed E-state index contributed by atoms with van der Waals surface area (Å²) in [6, 6.07) is 14.3. The van der Waals surface area contributed by atoms with Crippen molar-refractivity contribution >= 4 is 16.7 Å². The third-order valence-electron chi connectivity index (χ3n) is 5.23. The fourth-order valence-electron chi connectivity index (χ4n) is 3.61. The van der Waals surface area contributed by atoms with Crippen molar-refractivity contribution in [2.45, 2.75) is 84.0 Å². The molecule has 0 spiro atoms. The maximum absolute atomic E-state index is 12.1. The van der Waals surface area contributed by atoms with E-state index in [1.165, 1.54) is 63.2 Å². The summed E-state index contributed by atoms with van der Waals surface area (Å²) in [7, 11) is 0. The molecule has 0 aromatic heterocycles. The van der Waals surface area contributed by atoms with Crippen molar-refractivity contribution in [3.63, 3.8) is 0 Å². The standard InChI is InChI=1S/C25H36O2/c1-2-3-4-5-6-7-8-9-10-11-14-20-27-25(26)21-23-18-15-17-22-16-12-13-19-24(22)23/h12-13,15-19H,2-11,14,20-21H2,1H3. The summed E-state index contributed by atoms with van der Waals surface area (Å²) in [6.07, 6.45) is 14.7. The SMILES string of the molecule is CCCCCCCCCCCCCOC(=O)Cc1cccc2ccccc12. The van der Waals surface area contributed by atoms with Gasteiger partial charge in [-0.3, -0.25) is 4.79 Å². The highest BCUT2D eigenvalue weighted by molar-refractivity contribution is 5.88. The van der Waals surface area contributed by atoms with Crippen molar-refractivity contribution in [3.8, 4) is 0 Å². The predicted molar refractivity (Wildman–Crippen MR) is 115 cm³/mol. The van der Waals surface area contributed by atoms with Gasteiger partial charge in [0, 0.05) is 0 Å². The van der Waals surface area contributed by atoms with E-state index >= 15 is 0 Å². The molecule has 0 aliphatic carbocycles. The van der Waals surface area contributed by atoms with E-state index in [0.29, 0.717) is 13.0 Å². The van der Waals surface area contributed by atoms with Crippen LogP contribution in [0.1, 0.15) is 83.1 Å².